The normalized spacial score (nSPS) is 17.3. The first-order chi connectivity index (χ1) is 11.7. The van der Waals surface area contributed by atoms with E-state index in [9.17, 15) is 22.0 Å². The molecular formula is C15H20ClF5N2O3. The van der Waals surface area contributed by atoms with E-state index in [1.165, 1.54) is 12.0 Å². The van der Waals surface area contributed by atoms with E-state index in [0.29, 0.717) is 13.1 Å². The van der Waals surface area contributed by atoms with Crippen LogP contribution in [0, 0.1) is 0 Å². The van der Waals surface area contributed by atoms with Gasteiger partial charge in [0.25, 0.3) is 5.92 Å². The number of benzene rings is 1. The molecule has 0 unspecified atom stereocenters. The fourth-order valence-corrected chi connectivity index (χ4v) is 2.84. The molecule has 1 saturated heterocycles. The number of methoxy groups -OCH3 is 1. The van der Waals surface area contributed by atoms with Gasteiger partial charge in [-0.15, -0.1) is 25.6 Å². The monoisotopic (exact) mass is 406 g/mol. The summed E-state index contributed by atoms with van der Waals surface area (Å²) in [4.78, 5) is 1.40. The lowest BCUT2D eigenvalue weighted by atomic mass is 9.97. The van der Waals surface area contributed by atoms with Gasteiger partial charge in [0.05, 0.1) is 7.11 Å². The minimum Gasteiger partial charge on any atom is -0.496 e. The average molecular weight is 407 g/mol. The molecule has 1 aliphatic heterocycles. The Morgan fingerprint density at radius 3 is 2.31 bits per heavy atom. The maximum Gasteiger partial charge on any atom is 0.573 e. The van der Waals surface area contributed by atoms with Crippen LogP contribution in [0.5, 0.6) is 11.5 Å². The minimum absolute atomic E-state index is 0. The van der Waals surface area contributed by atoms with E-state index in [1.807, 2.05) is 0 Å². The van der Waals surface area contributed by atoms with Crippen LogP contribution in [0.25, 0.3) is 0 Å². The molecule has 1 aromatic carbocycles. The molecule has 0 spiro atoms. The number of aliphatic hydroxyl groups excluding tert-OH is 1. The zero-order valence-electron chi connectivity index (χ0n) is 13.9. The van der Waals surface area contributed by atoms with Gasteiger partial charge in [0.15, 0.2) is 0 Å². The maximum atomic E-state index is 14.4. The number of nitrogens with one attached hydrogen (secondary N) is 1. The van der Waals surface area contributed by atoms with E-state index in [-0.39, 0.29) is 36.8 Å². The van der Waals surface area contributed by atoms with E-state index < -0.39 is 30.7 Å². The number of alkyl halides is 5. The zero-order valence-corrected chi connectivity index (χ0v) is 14.7. The Kier molecular flexibility index (Phi) is 7.87. The van der Waals surface area contributed by atoms with Gasteiger partial charge in [-0.05, 0) is 18.2 Å². The van der Waals surface area contributed by atoms with Gasteiger partial charge >= 0.3 is 6.36 Å². The van der Waals surface area contributed by atoms with Gasteiger partial charge in [0, 0.05) is 31.7 Å². The molecule has 2 rings (SSSR count). The highest BCUT2D eigenvalue weighted by molar-refractivity contribution is 5.85. The molecule has 5 nitrogen and oxygen atoms in total. The molecule has 0 bridgehead atoms. The number of halogens is 6. The third kappa shape index (κ3) is 5.57. The second kappa shape index (κ2) is 9.03. The molecule has 26 heavy (non-hydrogen) atoms. The van der Waals surface area contributed by atoms with Crippen molar-refractivity contribution < 1.29 is 36.5 Å². The van der Waals surface area contributed by atoms with Crippen molar-refractivity contribution in [3.05, 3.63) is 23.8 Å². The second-order valence-electron chi connectivity index (χ2n) is 5.56. The molecule has 0 amide bonds. The predicted octanol–water partition coefficient (Wildman–Crippen LogP) is 2.59. The maximum absolute atomic E-state index is 14.4. The summed E-state index contributed by atoms with van der Waals surface area (Å²) in [5, 5.41) is 12.1. The summed E-state index contributed by atoms with van der Waals surface area (Å²) >= 11 is 0. The van der Waals surface area contributed by atoms with E-state index in [4.69, 9.17) is 9.84 Å². The summed E-state index contributed by atoms with van der Waals surface area (Å²) in [6, 6.07) is 1.36. The molecule has 1 fully saturated rings. The van der Waals surface area contributed by atoms with E-state index in [1.54, 1.807) is 0 Å². The Balaban J connectivity index is 0.00000338. The van der Waals surface area contributed by atoms with Crippen molar-refractivity contribution in [3.63, 3.8) is 0 Å². The summed E-state index contributed by atoms with van der Waals surface area (Å²) in [5.41, 5.74) is -0.176. The minimum atomic E-state index is -4.95. The van der Waals surface area contributed by atoms with Crippen molar-refractivity contribution in [3.8, 4) is 11.5 Å². The number of hydrogen-bond acceptors (Lipinski definition) is 5. The lowest BCUT2D eigenvalue weighted by Crippen LogP contribution is -2.51. The van der Waals surface area contributed by atoms with Crippen LogP contribution in [0.15, 0.2) is 18.2 Å². The first-order valence-electron chi connectivity index (χ1n) is 7.55. The number of piperazine rings is 1. The molecule has 0 radical (unpaired) electrons. The van der Waals surface area contributed by atoms with Crippen LogP contribution >= 0.6 is 12.4 Å². The average Bonchev–Trinajstić information content (AvgIpc) is 2.55. The van der Waals surface area contributed by atoms with Crippen molar-refractivity contribution in [2.75, 3.05) is 39.9 Å². The Morgan fingerprint density at radius 1 is 1.19 bits per heavy atom. The fraction of sp³-hybridized carbons (Fsp3) is 0.600. The number of aliphatic hydroxyl groups is 1. The van der Waals surface area contributed by atoms with Gasteiger partial charge in [0.2, 0.25) is 0 Å². The van der Waals surface area contributed by atoms with Crippen molar-refractivity contribution in [1.29, 1.82) is 0 Å². The van der Waals surface area contributed by atoms with Gasteiger partial charge in [-0.2, -0.15) is 0 Å². The molecule has 2 N–H and O–H groups in total. The Bertz CT molecular complexity index is 583. The fourth-order valence-electron chi connectivity index (χ4n) is 2.84. The van der Waals surface area contributed by atoms with Crippen molar-refractivity contribution in [1.82, 2.24) is 10.2 Å². The van der Waals surface area contributed by atoms with Crippen molar-refractivity contribution in [2.45, 2.75) is 18.3 Å². The van der Waals surface area contributed by atoms with Crippen LogP contribution in [-0.4, -0.2) is 62.2 Å². The molecular weight excluding hydrogens is 387 g/mol. The van der Waals surface area contributed by atoms with Crippen LogP contribution in [0.3, 0.4) is 0 Å². The smallest absolute Gasteiger partial charge is 0.496 e. The molecule has 1 aliphatic rings. The molecule has 11 heteroatoms. The highest BCUT2D eigenvalue weighted by Gasteiger charge is 2.45. The molecule has 0 aromatic heterocycles. The van der Waals surface area contributed by atoms with Gasteiger partial charge in [-0.25, -0.2) is 8.78 Å². The summed E-state index contributed by atoms with van der Waals surface area (Å²) < 4.78 is 75.1. The van der Waals surface area contributed by atoms with E-state index >= 15 is 0 Å². The van der Waals surface area contributed by atoms with Crippen LogP contribution in [-0.2, 0) is 0 Å². The number of ether oxygens (including phenoxy) is 2. The molecule has 1 heterocycles. The van der Waals surface area contributed by atoms with Crippen LogP contribution in [0.1, 0.15) is 11.6 Å². The predicted molar refractivity (Wildman–Crippen MR) is 86.1 cm³/mol. The lowest BCUT2D eigenvalue weighted by molar-refractivity contribution is -0.274. The molecule has 1 atom stereocenters. The molecule has 0 aliphatic carbocycles. The summed E-state index contributed by atoms with van der Waals surface area (Å²) in [7, 11) is 1.23. The summed E-state index contributed by atoms with van der Waals surface area (Å²) in [6.07, 6.45) is -4.95. The first-order valence-corrected chi connectivity index (χ1v) is 7.55. The third-order valence-corrected chi connectivity index (χ3v) is 3.86. The van der Waals surface area contributed by atoms with Gasteiger partial charge in [-0.3, -0.25) is 4.90 Å². The largest absolute Gasteiger partial charge is 0.573 e. The number of hydrogen-bond donors (Lipinski definition) is 2. The van der Waals surface area contributed by atoms with Gasteiger partial charge in [-0.1, -0.05) is 0 Å². The Morgan fingerprint density at radius 2 is 1.81 bits per heavy atom. The SMILES string of the molecule is COc1ccc(OC(F)(F)F)cc1[C@@H](N1CCNCC1)C(F)(F)CO.Cl. The Hall–Kier alpha value is -1.36. The molecule has 0 saturated carbocycles. The molecule has 150 valence electrons. The highest BCUT2D eigenvalue weighted by atomic mass is 35.5. The topological polar surface area (TPSA) is 54.0 Å². The zero-order chi connectivity index (χ0) is 18.7. The third-order valence-electron chi connectivity index (χ3n) is 3.86. The second-order valence-corrected chi connectivity index (χ2v) is 5.56. The Labute approximate surface area is 153 Å². The lowest BCUT2D eigenvalue weighted by Gasteiger charge is -2.39. The number of nitrogens with zero attached hydrogens (tertiary/aromatic N) is 1. The first kappa shape index (κ1) is 22.7. The quantitative estimate of drug-likeness (QED) is 0.711. The standard InChI is InChI=1S/C15H19F5N2O3.ClH/c1-24-12-3-2-10(25-15(18,19)20)8-11(12)13(14(16,17)9-23)22-6-4-21-5-7-22;/h2-3,8,13,21,23H,4-7,9H2,1H3;1H/t13-;/m1./s1. The van der Waals surface area contributed by atoms with Gasteiger partial charge in [0.1, 0.15) is 24.1 Å². The van der Waals surface area contributed by atoms with Crippen molar-refractivity contribution >= 4 is 12.4 Å². The molecule has 1 aromatic rings. The van der Waals surface area contributed by atoms with Crippen LogP contribution < -0.4 is 14.8 Å². The highest BCUT2D eigenvalue weighted by Crippen LogP contribution is 2.42. The van der Waals surface area contributed by atoms with Gasteiger partial charge < -0.3 is 19.9 Å². The number of rotatable bonds is 6. The van der Waals surface area contributed by atoms with Crippen LogP contribution in [0.4, 0.5) is 22.0 Å². The van der Waals surface area contributed by atoms with E-state index in [2.05, 4.69) is 10.1 Å². The van der Waals surface area contributed by atoms with Crippen LogP contribution in [0.2, 0.25) is 0 Å². The summed E-state index contributed by atoms with van der Waals surface area (Å²) in [5.74, 6) is -4.22. The van der Waals surface area contributed by atoms with Crippen molar-refractivity contribution in [2.24, 2.45) is 0 Å². The van der Waals surface area contributed by atoms with E-state index in [0.717, 1.165) is 18.2 Å². The summed E-state index contributed by atoms with van der Waals surface area (Å²) in [6.45, 7) is -0.0746.